The Morgan fingerprint density at radius 1 is 1.50 bits per heavy atom. The molecule has 0 bridgehead atoms. The fraction of sp³-hybridized carbons (Fsp3) is 0.364. The van der Waals surface area contributed by atoms with E-state index in [1.165, 1.54) is 12.1 Å². The van der Waals surface area contributed by atoms with E-state index in [4.69, 9.17) is 5.11 Å². The molecular weight excluding hydrogens is 213 g/mol. The first-order valence-corrected chi connectivity index (χ1v) is 4.78. The molecule has 0 radical (unpaired) electrons. The second kappa shape index (κ2) is 4.94. The molecular formula is C11H14FNO3. The lowest BCUT2D eigenvalue weighted by Gasteiger charge is -2.20. The molecule has 0 aliphatic carbocycles. The third-order valence-corrected chi connectivity index (χ3v) is 2.20. The van der Waals surface area contributed by atoms with E-state index in [1.807, 2.05) is 0 Å². The molecule has 1 rings (SSSR count). The van der Waals surface area contributed by atoms with Crippen LogP contribution < -0.4 is 4.90 Å². The fourth-order valence-electron chi connectivity index (χ4n) is 1.47. The van der Waals surface area contributed by atoms with Gasteiger partial charge in [-0.15, -0.1) is 0 Å². The van der Waals surface area contributed by atoms with Crippen molar-refractivity contribution in [1.29, 1.82) is 0 Å². The number of carboxylic acids is 1. The van der Waals surface area contributed by atoms with Crippen molar-refractivity contribution in [2.75, 3.05) is 19.0 Å². The predicted octanol–water partition coefficient (Wildman–Crippen LogP) is 1.40. The normalized spacial score (nSPS) is 12.2. The summed E-state index contributed by atoms with van der Waals surface area (Å²) in [6.07, 6.45) is -1.64. The first kappa shape index (κ1) is 12.4. The summed E-state index contributed by atoms with van der Waals surface area (Å²) in [7, 11) is 3.48. The highest BCUT2D eigenvalue weighted by molar-refractivity contribution is 5.68. The van der Waals surface area contributed by atoms with Crippen LogP contribution in [0.3, 0.4) is 0 Å². The molecule has 16 heavy (non-hydrogen) atoms. The van der Waals surface area contributed by atoms with E-state index in [0.29, 0.717) is 5.69 Å². The number of aliphatic carboxylic acids is 1. The monoisotopic (exact) mass is 227 g/mol. The van der Waals surface area contributed by atoms with Crippen molar-refractivity contribution in [1.82, 2.24) is 0 Å². The van der Waals surface area contributed by atoms with Crippen molar-refractivity contribution < 1.29 is 19.4 Å². The number of anilines is 1. The Hall–Kier alpha value is -1.62. The summed E-state index contributed by atoms with van der Waals surface area (Å²) in [5, 5.41) is 18.2. The molecule has 0 amide bonds. The third kappa shape index (κ3) is 2.93. The number of aliphatic hydroxyl groups is 1. The summed E-state index contributed by atoms with van der Waals surface area (Å²) >= 11 is 0. The van der Waals surface area contributed by atoms with Gasteiger partial charge in [0.05, 0.1) is 12.5 Å². The minimum Gasteiger partial charge on any atom is -0.481 e. The zero-order valence-corrected chi connectivity index (χ0v) is 9.14. The van der Waals surface area contributed by atoms with E-state index < -0.39 is 24.3 Å². The summed E-state index contributed by atoms with van der Waals surface area (Å²) in [6.45, 7) is 0. The number of halogens is 1. The van der Waals surface area contributed by atoms with E-state index in [-0.39, 0.29) is 5.56 Å². The first-order chi connectivity index (χ1) is 7.41. The maximum absolute atomic E-state index is 13.0. The van der Waals surface area contributed by atoms with Crippen LogP contribution in [0.4, 0.5) is 10.1 Å². The number of rotatable bonds is 4. The summed E-state index contributed by atoms with van der Waals surface area (Å²) in [6, 6.07) is 3.94. The standard InChI is InChI=1S/C11H14FNO3/c1-13(2)9-4-3-7(12)5-8(9)10(14)6-11(15)16/h3-5,10,14H,6H2,1-2H3,(H,15,16)/t10-/m1/s1. The summed E-state index contributed by atoms with van der Waals surface area (Å²) < 4.78 is 13.0. The van der Waals surface area contributed by atoms with Crippen LogP contribution in [-0.4, -0.2) is 30.3 Å². The van der Waals surface area contributed by atoms with Crippen LogP contribution in [0.5, 0.6) is 0 Å². The molecule has 5 heteroatoms. The average Bonchev–Trinajstić information content (AvgIpc) is 2.15. The van der Waals surface area contributed by atoms with Crippen molar-refractivity contribution >= 4 is 11.7 Å². The van der Waals surface area contributed by atoms with Gasteiger partial charge in [-0.1, -0.05) is 0 Å². The van der Waals surface area contributed by atoms with Crippen LogP contribution in [0.25, 0.3) is 0 Å². The number of hydrogen-bond donors (Lipinski definition) is 2. The van der Waals surface area contributed by atoms with Gasteiger partial charge < -0.3 is 15.1 Å². The maximum Gasteiger partial charge on any atom is 0.306 e. The van der Waals surface area contributed by atoms with Crippen molar-refractivity contribution in [3.05, 3.63) is 29.6 Å². The molecule has 2 N–H and O–H groups in total. The lowest BCUT2D eigenvalue weighted by atomic mass is 10.0. The summed E-state index contributed by atoms with van der Waals surface area (Å²) in [5.74, 6) is -1.62. The molecule has 0 fully saturated rings. The number of benzene rings is 1. The van der Waals surface area contributed by atoms with E-state index in [2.05, 4.69) is 0 Å². The minimum atomic E-state index is -1.20. The second-order valence-corrected chi connectivity index (χ2v) is 3.71. The number of carboxylic acid groups (broad SMARTS) is 1. The molecule has 0 aliphatic heterocycles. The zero-order valence-electron chi connectivity index (χ0n) is 9.14. The molecule has 0 aromatic heterocycles. The van der Waals surface area contributed by atoms with Crippen molar-refractivity contribution in [2.24, 2.45) is 0 Å². The topological polar surface area (TPSA) is 60.8 Å². The molecule has 0 unspecified atom stereocenters. The molecule has 0 saturated heterocycles. The predicted molar refractivity (Wildman–Crippen MR) is 57.9 cm³/mol. The molecule has 1 aromatic rings. The molecule has 0 aliphatic rings. The van der Waals surface area contributed by atoms with Crippen LogP contribution in [0.15, 0.2) is 18.2 Å². The maximum atomic E-state index is 13.0. The van der Waals surface area contributed by atoms with Crippen molar-refractivity contribution in [3.63, 3.8) is 0 Å². The van der Waals surface area contributed by atoms with Crippen LogP contribution >= 0.6 is 0 Å². The number of aliphatic hydroxyl groups excluding tert-OH is 1. The Morgan fingerprint density at radius 2 is 2.12 bits per heavy atom. The Labute approximate surface area is 92.9 Å². The molecule has 1 aromatic carbocycles. The van der Waals surface area contributed by atoms with Crippen LogP contribution in [0.1, 0.15) is 18.1 Å². The lowest BCUT2D eigenvalue weighted by Crippen LogP contribution is -2.15. The Morgan fingerprint density at radius 3 is 2.62 bits per heavy atom. The lowest BCUT2D eigenvalue weighted by molar-refractivity contribution is -0.139. The van der Waals surface area contributed by atoms with E-state index >= 15 is 0 Å². The van der Waals surface area contributed by atoms with Gasteiger partial charge in [0, 0.05) is 25.3 Å². The summed E-state index contributed by atoms with van der Waals surface area (Å²) in [5.41, 5.74) is 0.891. The summed E-state index contributed by atoms with van der Waals surface area (Å²) in [4.78, 5) is 12.2. The van der Waals surface area contributed by atoms with Crippen LogP contribution in [-0.2, 0) is 4.79 Å². The molecule has 0 spiro atoms. The fourth-order valence-corrected chi connectivity index (χ4v) is 1.47. The SMILES string of the molecule is CN(C)c1ccc(F)cc1[C@H](O)CC(=O)O. The second-order valence-electron chi connectivity index (χ2n) is 3.71. The Balaban J connectivity index is 3.08. The van der Waals surface area contributed by atoms with Gasteiger partial charge in [0.1, 0.15) is 5.82 Å². The molecule has 0 heterocycles. The highest BCUT2D eigenvalue weighted by Gasteiger charge is 2.17. The number of nitrogens with zero attached hydrogens (tertiary/aromatic N) is 1. The highest BCUT2D eigenvalue weighted by Crippen LogP contribution is 2.27. The average molecular weight is 227 g/mol. The molecule has 4 nitrogen and oxygen atoms in total. The van der Waals surface area contributed by atoms with Gasteiger partial charge in [-0.05, 0) is 18.2 Å². The third-order valence-electron chi connectivity index (χ3n) is 2.20. The van der Waals surface area contributed by atoms with Crippen molar-refractivity contribution in [2.45, 2.75) is 12.5 Å². The highest BCUT2D eigenvalue weighted by atomic mass is 19.1. The Bertz CT molecular complexity index is 393. The smallest absolute Gasteiger partial charge is 0.306 e. The van der Waals surface area contributed by atoms with Crippen molar-refractivity contribution in [3.8, 4) is 0 Å². The minimum absolute atomic E-state index is 0.285. The Kier molecular flexibility index (Phi) is 3.84. The first-order valence-electron chi connectivity index (χ1n) is 4.78. The van der Waals surface area contributed by atoms with Gasteiger partial charge in [0.25, 0.3) is 0 Å². The van der Waals surface area contributed by atoms with E-state index in [0.717, 1.165) is 6.07 Å². The largest absolute Gasteiger partial charge is 0.481 e. The van der Waals surface area contributed by atoms with Gasteiger partial charge in [-0.25, -0.2) is 4.39 Å². The number of carbonyl (C=O) groups is 1. The molecule has 1 atom stereocenters. The van der Waals surface area contributed by atoms with Gasteiger partial charge in [-0.3, -0.25) is 4.79 Å². The van der Waals surface area contributed by atoms with Gasteiger partial charge in [0.2, 0.25) is 0 Å². The zero-order chi connectivity index (χ0) is 12.3. The molecule has 0 saturated carbocycles. The van der Waals surface area contributed by atoms with Gasteiger partial charge in [-0.2, -0.15) is 0 Å². The van der Waals surface area contributed by atoms with E-state index in [1.54, 1.807) is 19.0 Å². The molecule has 88 valence electrons. The number of hydrogen-bond acceptors (Lipinski definition) is 3. The quantitative estimate of drug-likeness (QED) is 0.816. The van der Waals surface area contributed by atoms with Gasteiger partial charge in [0.15, 0.2) is 0 Å². The van der Waals surface area contributed by atoms with E-state index in [9.17, 15) is 14.3 Å². The van der Waals surface area contributed by atoms with Crippen LogP contribution in [0, 0.1) is 5.82 Å². The van der Waals surface area contributed by atoms with Crippen LogP contribution in [0.2, 0.25) is 0 Å². The van der Waals surface area contributed by atoms with Gasteiger partial charge >= 0.3 is 5.97 Å².